The topological polar surface area (TPSA) is 79.5 Å². The molecule has 6 nitrogen and oxygen atoms in total. The number of benzene rings is 1. The van der Waals surface area contributed by atoms with Crippen LogP contribution in [0.25, 0.3) is 0 Å². The van der Waals surface area contributed by atoms with Gasteiger partial charge in [-0.15, -0.1) is 0 Å². The van der Waals surface area contributed by atoms with E-state index in [9.17, 15) is 9.59 Å². The first-order valence-electron chi connectivity index (χ1n) is 9.40. The molecule has 0 aliphatic heterocycles. The molecule has 0 radical (unpaired) electrons. The molecule has 1 aromatic carbocycles. The zero-order valence-electron chi connectivity index (χ0n) is 16.1. The Morgan fingerprint density at radius 2 is 1.78 bits per heavy atom. The highest BCUT2D eigenvalue weighted by molar-refractivity contribution is 6.30. The highest BCUT2D eigenvalue weighted by Gasteiger charge is 2.54. The van der Waals surface area contributed by atoms with Crippen LogP contribution in [0.4, 0.5) is 9.59 Å². The maximum absolute atomic E-state index is 12.0. The third-order valence-corrected chi connectivity index (χ3v) is 5.38. The second-order valence-electron chi connectivity index (χ2n) is 8.87. The van der Waals surface area contributed by atoms with Crippen molar-refractivity contribution in [1.29, 1.82) is 0 Å². The Bertz CT molecular complexity index is 685. The number of ether oxygens (including phenoxy) is 1. The second kappa shape index (κ2) is 7.58. The Kier molecular flexibility index (Phi) is 5.56. The number of hydrogen-bond acceptors (Lipinski definition) is 3. The van der Waals surface area contributed by atoms with Gasteiger partial charge in [0.2, 0.25) is 0 Å². The highest BCUT2D eigenvalue weighted by atomic mass is 35.5. The predicted molar refractivity (Wildman–Crippen MR) is 105 cm³/mol. The molecule has 3 rings (SSSR count). The summed E-state index contributed by atoms with van der Waals surface area (Å²) in [5.74, 6) is 0. The summed E-state index contributed by atoms with van der Waals surface area (Å²) in [7, 11) is 0. The van der Waals surface area contributed by atoms with Gasteiger partial charge in [-0.2, -0.15) is 0 Å². The molecule has 3 N–H and O–H groups in total. The Balaban J connectivity index is 1.31. The van der Waals surface area contributed by atoms with Crippen molar-refractivity contribution in [2.75, 3.05) is 0 Å². The molecule has 148 valence electrons. The molecule has 0 aromatic heterocycles. The van der Waals surface area contributed by atoms with Crippen LogP contribution in [0.2, 0.25) is 5.02 Å². The van der Waals surface area contributed by atoms with Crippen LogP contribution < -0.4 is 16.0 Å². The molecular formula is C20H28ClN3O3. The van der Waals surface area contributed by atoms with E-state index in [2.05, 4.69) is 16.0 Å². The van der Waals surface area contributed by atoms with E-state index in [0.29, 0.717) is 11.6 Å². The van der Waals surface area contributed by atoms with E-state index >= 15 is 0 Å². The predicted octanol–water partition coefficient (Wildman–Crippen LogP) is 3.98. The van der Waals surface area contributed by atoms with Crippen LogP contribution in [0, 0.1) is 5.41 Å². The maximum atomic E-state index is 12.0. The molecule has 0 unspecified atom stereocenters. The molecular weight excluding hydrogens is 366 g/mol. The first kappa shape index (κ1) is 19.8. The van der Waals surface area contributed by atoms with E-state index in [-0.39, 0.29) is 35.2 Å². The fourth-order valence-electron chi connectivity index (χ4n) is 3.92. The largest absolute Gasteiger partial charge is 0.446 e. The van der Waals surface area contributed by atoms with Crippen molar-refractivity contribution >= 4 is 23.7 Å². The van der Waals surface area contributed by atoms with Crippen molar-refractivity contribution in [3.63, 3.8) is 0 Å². The number of alkyl carbamates (subject to hydrolysis) is 1. The van der Waals surface area contributed by atoms with E-state index in [1.54, 1.807) is 0 Å². The van der Waals surface area contributed by atoms with Gasteiger partial charge in [0.25, 0.3) is 0 Å². The summed E-state index contributed by atoms with van der Waals surface area (Å²) < 4.78 is 5.45. The number of hydrogen-bond donors (Lipinski definition) is 3. The number of urea groups is 1. The van der Waals surface area contributed by atoms with E-state index in [1.807, 2.05) is 45.0 Å². The first-order valence-corrected chi connectivity index (χ1v) is 9.78. The normalized spacial score (nSPS) is 26.5. The minimum absolute atomic E-state index is 0.00738. The van der Waals surface area contributed by atoms with Crippen molar-refractivity contribution in [1.82, 2.24) is 16.0 Å². The fourth-order valence-corrected chi connectivity index (χ4v) is 4.04. The lowest BCUT2D eigenvalue weighted by Gasteiger charge is -2.56. The summed E-state index contributed by atoms with van der Waals surface area (Å²) in [6.45, 7) is 6.25. The van der Waals surface area contributed by atoms with Crippen molar-refractivity contribution in [2.24, 2.45) is 5.41 Å². The molecule has 7 heteroatoms. The van der Waals surface area contributed by atoms with Crippen molar-refractivity contribution in [3.8, 4) is 0 Å². The van der Waals surface area contributed by atoms with Gasteiger partial charge in [-0.05, 0) is 69.6 Å². The van der Waals surface area contributed by atoms with E-state index in [4.69, 9.17) is 16.3 Å². The SMILES string of the molecule is CC(C)(C)NC(=O)OC1CC2(CC(NC(=O)NCc3ccc(Cl)cc3)C2)C1. The summed E-state index contributed by atoms with van der Waals surface area (Å²) in [4.78, 5) is 23.8. The third kappa shape index (κ3) is 5.51. The smallest absolute Gasteiger partial charge is 0.407 e. The van der Waals surface area contributed by atoms with Gasteiger partial charge in [0.1, 0.15) is 6.10 Å². The molecule has 27 heavy (non-hydrogen) atoms. The molecule has 3 amide bonds. The fraction of sp³-hybridized carbons (Fsp3) is 0.600. The highest BCUT2D eigenvalue weighted by Crippen LogP contribution is 2.56. The van der Waals surface area contributed by atoms with Crippen LogP contribution in [0.3, 0.4) is 0 Å². The molecule has 1 aromatic rings. The lowest BCUT2D eigenvalue weighted by atomic mass is 9.53. The van der Waals surface area contributed by atoms with Gasteiger partial charge in [0, 0.05) is 23.1 Å². The van der Waals surface area contributed by atoms with Crippen molar-refractivity contribution < 1.29 is 14.3 Å². The number of rotatable bonds is 4. The summed E-state index contributed by atoms with van der Waals surface area (Å²) in [6.07, 6.45) is 3.30. The molecule has 0 atom stereocenters. The minimum Gasteiger partial charge on any atom is -0.446 e. The number of carbonyl (C=O) groups is 2. The molecule has 0 saturated heterocycles. The molecule has 0 heterocycles. The van der Waals surface area contributed by atoms with E-state index < -0.39 is 0 Å². The summed E-state index contributed by atoms with van der Waals surface area (Å²) >= 11 is 5.85. The average Bonchev–Trinajstić information content (AvgIpc) is 2.48. The van der Waals surface area contributed by atoms with E-state index in [0.717, 1.165) is 31.2 Å². The van der Waals surface area contributed by atoms with Crippen LogP contribution in [-0.4, -0.2) is 29.8 Å². The Morgan fingerprint density at radius 1 is 1.15 bits per heavy atom. The van der Waals surface area contributed by atoms with E-state index in [1.165, 1.54) is 0 Å². The maximum Gasteiger partial charge on any atom is 0.407 e. The Labute approximate surface area is 165 Å². The summed E-state index contributed by atoms with van der Waals surface area (Å²) in [6, 6.07) is 7.45. The van der Waals surface area contributed by atoms with Crippen molar-refractivity contribution in [3.05, 3.63) is 34.9 Å². The van der Waals surface area contributed by atoms with Crippen LogP contribution >= 0.6 is 11.6 Å². The van der Waals surface area contributed by atoms with Crippen LogP contribution in [0.5, 0.6) is 0 Å². The number of nitrogens with one attached hydrogen (secondary N) is 3. The second-order valence-corrected chi connectivity index (χ2v) is 9.31. The number of carbonyl (C=O) groups excluding carboxylic acids is 2. The van der Waals surface area contributed by atoms with Gasteiger partial charge in [-0.1, -0.05) is 23.7 Å². The lowest BCUT2D eigenvalue weighted by molar-refractivity contribution is -0.0988. The number of amides is 3. The summed E-state index contributed by atoms with van der Waals surface area (Å²) in [5, 5.41) is 9.37. The third-order valence-electron chi connectivity index (χ3n) is 5.13. The quantitative estimate of drug-likeness (QED) is 0.723. The molecule has 2 saturated carbocycles. The van der Waals surface area contributed by atoms with Crippen LogP contribution in [0.15, 0.2) is 24.3 Å². The zero-order chi connectivity index (χ0) is 19.7. The van der Waals surface area contributed by atoms with Gasteiger partial charge in [0.05, 0.1) is 0 Å². The Hall–Kier alpha value is -1.95. The standard InChI is InChI=1S/C20H28ClN3O3/c1-19(2,3)24-18(26)27-16-10-20(11-16)8-15(9-20)23-17(25)22-12-13-4-6-14(21)7-5-13/h4-7,15-16H,8-12H2,1-3H3,(H,24,26)(H2,22,23,25). The lowest BCUT2D eigenvalue weighted by Crippen LogP contribution is -2.59. The minimum atomic E-state index is -0.349. The van der Waals surface area contributed by atoms with Crippen LogP contribution in [0.1, 0.15) is 52.0 Å². The first-order chi connectivity index (χ1) is 12.6. The summed E-state index contributed by atoms with van der Waals surface area (Å²) in [5.41, 5.74) is 0.955. The average molecular weight is 394 g/mol. The molecule has 1 spiro atoms. The molecule has 2 aliphatic rings. The number of halogens is 1. The molecule has 0 bridgehead atoms. The van der Waals surface area contributed by atoms with Crippen molar-refractivity contribution in [2.45, 2.75) is 70.7 Å². The van der Waals surface area contributed by atoms with Gasteiger partial charge < -0.3 is 20.7 Å². The zero-order valence-corrected chi connectivity index (χ0v) is 16.9. The van der Waals surface area contributed by atoms with Crippen LogP contribution in [-0.2, 0) is 11.3 Å². The van der Waals surface area contributed by atoms with Gasteiger partial charge in [-0.3, -0.25) is 0 Å². The van der Waals surface area contributed by atoms with Gasteiger partial charge in [-0.25, -0.2) is 9.59 Å². The van der Waals surface area contributed by atoms with Gasteiger partial charge >= 0.3 is 12.1 Å². The van der Waals surface area contributed by atoms with Gasteiger partial charge in [0.15, 0.2) is 0 Å². The molecule has 2 fully saturated rings. The Morgan fingerprint density at radius 3 is 2.37 bits per heavy atom. The monoisotopic (exact) mass is 393 g/mol. The molecule has 2 aliphatic carbocycles.